The number of hydrogen-bond donors (Lipinski definition) is 2. The molecule has 1 fully saturated rings. The first-order valence-electron chi connectivity index (χ1n) is 8.47. The molecular weight excluding hydrogens is 342 g/mol. The summed E-state index contributed by atoms with van der Waals surface area (Å²) in [5, 5.41) is 18.4. The largest absolute Gasteiger partial charge is 0.493 e. The van der Waals surface area contributed by atoms with Crippen molar-refractivity contribution in [1.29, 1.82) is 0 Å². The summed E-state index contributed by atoms with van der Waals surface area (Å²) < 4.78 is 11.3. The van der Waals surface area contributed by atoms with E-state index in [4.69, 9.17) is 14.3 Å². The van der Waals surface area contributed by atoms with Gasteiger partial charge in [0.05, 0.1) is 12.6 Å². The van der Waals surface area contributed by atoms with Crippen LogP contribution in [0.2, 0.25) is 0 Å². The molecule has 1 aromatic carbocycles. The lowest BCUT2D eigenvalue weighted by Crippen LogP contribution is -2.56. The van der Waals surface area contributed by atoms with Gasteiger partial charge in [-0.2, -0.15) is 0 Å². The third-order valence-corrected chi connectivity index (χ3v) is 4.43. The van der Waals surface area contributed by atoms with Crippen molar-refractivity contribution in [1.82, 2.24) is 14.8 Å². The fourth-order valence-electron chi connectivity index (χ4n) is 3.03. The van der Waals surface area contributed by atoms with E-state index in [1.54, 1.807) is 12.1 Å². The van der Waals surface area contributed by atoms with Crippen molar-refractivity contribution in [3.05, 3.63) is 24.1 Å². The normalized spacial score (nSPS) is 17.5. The van der Waals surface area contributed by atoms with Crippen LogP contribution in [0.4, 0.5) is 9.59 Å². The zero-order valence-electron chi connectivity index (χ0n) is 14.4. The Morgan fingerprint density at radius 1 is 1.31 bits per heavy atom. The number of carboxylic acid groups (broad SMARTS) is 2. The number of fused-ring (bicyclic) bond motifs is 1. The van der Waals surface area contributed by atoms with E-state index >= 15 is 0 Å². The molecule has 1 aliphatic rings. The summed E-state index contributed by atoms with van der Waals surface area (Å²) in [6.07, 6.45) is -0.985. The summed E-state index contributed by atoms with van der Waals surface area (Å²) in [7, 11) is 0. The first-order chi connectivity index (χ1) is 12.5. The SMILES string of the molecule is CCc1nc2ccc(OCC[C@@H]3CN(C(=O)O)CCN3C(=O)O)cc2o1. The summed E-state index contributed by atoms with van der Waals surface area (Å²) in [6.45, 7) is 2.71. The molecule has 0 radical (unpaired) electrons. The van der Waals surface area contributed by atoms with Crippen molar-refractivity contribution in [3.8, 4) is 5.75 Å². The molecule has 0 bridgehead atoms. The number of nitrogens with zero attached hydrogens (tertiary/aromatic N) is 3. The van der Waals surface area contributed by atoms with Gasteiger partial charge in [-0.3, -0.25) is 0 Å². The van der Waals surface area contributed by atoms with Crippen molar-refractivity contribution < 1.29 is 29.0 Å². The number of hydrogen-bond acceptors (Lipinski definition) is 5. The molecule has 9 heteroatoms. The fraction of sp³-hybridized carbons (Fsp3) is 0.471. The predicted octanol–water partition coefficient (Wildman–Crippen LogP) is 2.50. The minimum Gasteiger partial charge on any atom is -0.493 e. The molecule has 2 N–H and O–H groups in total. The standard InChI is InChI=1S/C17H21N3O6/c1-2-15-18-13-4-3-12(9-14(13)26-15)25-8-5-11-10-19(16(21)22)6-7-20(11)17(23)24/h3-4,9,11H,2,5-8,10H2,1H3,(H,21,22)(H,23,24)/t11-/m1/s1. The maximum Gasteiger partial charge on any atom is 0.407 e. The highest BCUT2D eigenvalue weighted by atomic mass is 16.5. The van der Waals surface area contributed by atoms with Gasteiger partial charge >= 0.3 is 12.2 Å². The lowest BCUT2D eigenvalue weighted by molar-refractivity contribution is 0.0562. The van der Waals surface area contributed by atoms with Gasteiger partial charge in [0, 0.05) is 38.5 Å². The molecule has 140 valence electrons. The van der Waals surface area contributed by atoms with Gasteiger partial charge in [-0.1, -0.05) is 6.92 Å². The summed E-state index contributed by atoms with van der Waals surface area (Å²) in [5.41, 5.74) is 1.40. The molecule has 1 aromatic heterocycles. The van der Waals surface area contributed by atoms with E-state index in [0.29, 0.717) is 30.1 Å². The molecule has 2 amide bonds. The van der Waals surface area contributed by atoms with Gasteiger partial charge in [0.1, 0.15) is 11.3 Å². The Balaban J connectivity index is 1.61. The molecule has 0 saturated carbocycles. The van der Waals surface area contributed by atoms with E-state index in [1.807, 2.05) is 13.0 Å². The zero-order valence-corrected chi connectivity index (χ0v) is 14.4. The number of benzene rings is 1. The van der Waals surface area contributed by atoms with E-state index in [-0.39, 0.29) is 26.2 Å². The molecule has 3 rings (SSSR count). The van der Waals surface area contributed by atoms with Crippen LogP contribution in [0.3, 0.4) is 0 Å². The van der Waals surface area contributed by atoms with Crippen LogP contribution in [-0.2, 0) is 6.42 Å². The number of aromatic nitrogens is 1. The molecule has 9 nitrogen and oxygen atoms in total. The van der Waals surface area contributed by atoms with Gasteiger partial charge in [0.25, 0.3) is 0 Å². The molecule has 2 heterocycles. The van der Waals surface area contributed by atoms with Crippen molar-refractivity contribution in [2.24, 2.45) is 0 Å². The summed E-state index contributed by atoms with van der Waals surface area (Å²) in [4.78, 5) is 29.3. The van der Waals surface area contributed by atoms with Crippen LogP contribution in [-0.4, -0.2) is 69.5 Å². The number of aryl methyl sites for hydroxylation is 1. The highest BCUT2D eigenvalue weighted by molar-refractivity contribution is 5.74. The van der Waals surface area contributed by atoms with Crippen molar-refractivity contribution in [2.75, 3.05) is 26.2 Å². The lowest BCUT2D eigenvalue weighted by atomic mass is 10.1. The van der Waals surface area contributed by atoms with Gasteiger partial charge in [0.2, 0.25) is 0 Å². The summed E-state index contributed by atoms with van der Waals surface area (Å²) in [6, 6.07) is 4.91. The number of ether oxygens (including phenoxy) is 1. The lowest BCUT2D eigenvalue weighted by Gasteiger charge is -2.38. The molecule has 0 aliphatic carbocycles. The van der Waals surface area contributed by atoms with Crippen LogP contribution < -0.4 is 4.74 Å². The molecular formula is C17H21N3O6. The maximum absolute atomic E-state index is 11.4. The van der Waals surface area contributed by atoms with Crippen LogP contribution >= 0.6 is 0 Å². The van der Waals surface area contributed by atoms with Gasteiger partial charge in [-0.15, -0.1) is 0 Å². The van der Waals surface area contributed by atoms with E-state index in [0.717, 1.165) is 5.52 Å². The molecule has 1 saturated heterocycles. The first kappa shape index (κ1) is 17.8. The second-order valence-electron chi connectivity index (χ2n) is 6.09. The Bertz CT molecular complexity index is 805. The molecule has 0 unspecified atom stereocenters. The molecule has 0 spiro atoms. The van der Waals surface area contributed by atoms with E-state index < -0.39 is 18.2 Å². The van der Waals surface area contributed by atoms with Crippen LogP contribution in [0.25, 0.3) is 11.1 Å². The predicted molar refractivity (Wildman–Crippen MR) is 91.6 cm³/mol. The molecule has 26 heavy (non-hydrogen) atoms. The second kappa shape index (κ2) is 7.51. The monoisotopic (exact) mass is 363 g/mol. The highest BCUT2D eigenvalue weighted by Gasteiger charge is 2.32. The Kier molecular flexibility index (Phi) is 5.15. The third kappa shape index (κ3) is 3.81. The van der Waals surface area contributed by atoms with E-state index in [1.165, 1.54) is 9.80 Å². The average molecular weight is 363 g/mol. The minimum atomic E-state index is -1.05. The van der Waals surface area contributed by atoms with E-state index in [2.05, 4.69) is 4.98 Å². The quantitative estimate of drug-likeness (QED) is 0.838. The topological polar surface area (TPSA) is 116 Å². The number of carbonyl (C=O) groups is 2. The Morgan fingerprint density at radius 3 is 2.81 bits per heavy atom. The van der Waals surface area contributed by atoms with Crippen LogP contribution in [0.15, 0.2) is 22.6 Å². The number of piperazine rings is 1. The van der Waals surface area contributed by atoms with Crippen molar-refractivity contribution in [2.45, 2.75) is 25.8 Å². The van der Waals surface area contributed by atoms with E-state index in [9.17, 15) is 14.7 Å². The molecule has 1 atom stereocenters. The van der Waals surface area contributed by atoms with Crippen LogP contribution in [0.1, 0.15) is 19.2 Å². The molecule has 2 aromatic rings. The van der Waals surface area contributed by atoms with Crippen molar-refractivity contribution in [3.63, 3.8) is 0 Å². The number of amides is 2. The van der Waals surface area contributed by atoms with Crippen molar-refractivity contribution >= 4 is 23.3 Å². The number of rotatable bonds is 5. The number of oxazole rings is 1. The molecule has 1 aliphatic heterocycles. The first-order valence-corrected chi connectivity index (χ1v) is 8.47. The Hall–Kier alpha value is -2.97. The smallest absolute Gasteiger partial charge is 0.407 e. The van der Waals surface area contributed by atoms with Gasteiger partial charge in [-0.25, -0.2) is 14.6 Å². The minimum absolute atomic E-state index is 0.145. The summed E-state index contributed by atoms with van der Waals surface area (Å²) in [5.74, 6) is 1.26. The third-order valence-electron chi connectivity index (χ3n) is 4.43. The average Bonchev–Trinajstić information content (AvgIpc) is 3.03. The second-order valence-corrected chi connectivity index (χ2v) is 6.09. The maximum atomic E-state index is 11.4. The Labute approximate surface area is 149 Å². The fourth-order valence-corrected chi connectivity index (χ4v) is 3.03. The van der Waals surface area contributed by atoms with Gasteiger partial charge < -0.3 is 29.2 Å². The zero-order chi connectivity index (χ0) is 18.7. The highest BCUT2D eigenvalue weighted by Crippen LogP contribution is 2.22. The summed E-state index contributed by atoms with van der Waals surface area (Å²) >= 11 is 0. The Morgan fingerprint density at radius 2 is 2.12 bits per heavy atom. The van der Waals surface area contributed by atoms with Gasteiger partial charge in [0.15, 0.2) is 11.5 Å². The van der Waals surface area contributed by atoms with Gasteiger partial charge in [-0.05, 0) is 12.1 Å². The van der Waals surface area contributed by atoms with Crippen LogP contribution in [0, 0.1) is 0 Å². The van der Waals surface area contributed by atoms with Crippen LogP contribution in [0.5, 0.6) is 5.75 Å².